The lowest BCUT2D eigenvalue weighted by Gasteiger charge is -2.56. The van der Waals surface area contributed by atoms with Crippen LogP contribution in [0, 0.1) is 34.5 Å². The number of hydrogen-bond acceptors (Lipinski definition) is 2. The Kier molecular flexibility index (Phi) is 3.03. The van der Waals surface area contributed by atoms with Crippen LogP contribution in [-0.2, 0) is 9.59 Å². The van der Waals surface area contributed by atoms with Crippen molar-refractivity contribution in [3.63, 3.8) is 0 Å². The monoisotopic (exact) mass is 300 g/mol. The molecule has 0 bridgehead atoms. The minimum atomic E-state index is -0.208. The van der Waals surface area contributed by atoms with Crippen LogP contribution in [0.5, 0.6) is 0 Å². The smallest absolute Gasteiger partial charge is 0.159 e. The zero-order valence-electron chi connectivity index (χ0n) is 14.2. The highest BCUT2D eigenvalue weighted by Gasteiger charge is 2.60. The van der Waals surface area contributed by atoms with Crippen molar-refractivity contribution >= 4 is 11.6 Å². The van der Waals surface area contributed by atoms with Crippen LogP contribution in [-0.4, -0.2) is 11.6 Å². The van der Waals surface area contributed by atoms with E-state index in [9.17, 15) is 9.59 Å². The molecule has 2 nitrogen and oxygen atoms in total. The highest BCUT2D eigenvalue weighted by atomic mass is 16.1. The molecule has 0 heterocycles. The second kappa shape index (κ2) is 4.55. The van der Waals surface area contributed by atoms with Crippen LogP contribution in [0.4, 0.5) is 0 Å². The van der Waals surface area contributed by atoms with Crippen molar-refractivity contribution < 1.29 is 9.59 Å². The molecule has 0 aromatic heterocycles. The quantitative estimate of drug-likeness (QED) is 0.667. The van der Waals surface area contributed by atoms with E-state index in [-0.39, 0.29) is 16.7 Å². The van der Waals surface area contributed by atoms with Crippen molar-refractivity contribution in [2.24, 2.45) is 34.5 Å². The Labute approximate surface area is 133 Å². The van der Waals surface area contributed by atoms with Gasteiger partial charge in [0.15, 0.2) is 5.78 Å². The zero-order chi connectivity index (χ0) is 15.7. The summed E-state index contributed by atoms with van der Waals surface area (Å²) in [6, 6.07) is 0. The molecule has 6 atom stereocenters. The maximum Gasteiger partial charge on any atom is 0.159 e. The van der Waals surface area contributed by atoms with Crippen molar-refractivity contribution in [1.82, 2.24) is 0 Å². The first-order chi connectivity index (χ1) is 10.4. The van der Waals surface area contributed by atoms with Gasteiger partial charge in [-0.1, -0.05) is 26.3 Å². The first kappa shape index (κ1) is 14.7. The molecule has 0 aliphatic heterocycles. The van der Waals surface area contributed by atoms with Gasteiger partial charge in [-0.25, -0.2) is 0 Å². The van der Waals surface area contributed by atoms with Crippen molar-refractivity contribution in [3.05, 3.63) is 11.6 Å². The van der Waals surface area contributed by atoms with E-state index >= 15 is 0 Å². The Morgan fingerprint density at radius 2 is 1.68 bits per heavy atom. The molecule has 0 N–H and O–H groups in total. The van der Waals surface area contributed by atoms with Crippen molar-refractivity contribution in [2.75, 3.05) is 0 Å². The van der Waals surface area contributed by atoms with Crippen LogP contribution in [0.15, 0.2) is 11.6 Å². The van der Waals surface area contributed by atoms with Crippen LogP contribution in [0.1, 0.15) is 65.7 Å². The summed E-state index contributed by atoms with van der Waals surface area (Å²) in [5.74, 6) is 2.38. The molecular weight excluding hydrogens is 272 g/mol. The van der Waals surface area contributed by atoms with Gasteiger partial charge in [0.25, 0.3) is 0 Å². The van der Waals surface area contributed by atoms with E-state index in [2.05, 4.69) is 20.8 Å². The van der Waals surface area contributed by atoms with Gasteiger partial charge in [0.2, 0.25) is 0 Å². The Balaban J connectivity index is 1.76. The van der Waals surface area contributed by atoms with E-state index in [1.165, 1.54) is 18.4 Å². The molecule has 120 valence electrons. The second-order valence-electron chi connectivity index (χ2n) is 8.99. The van der Waals surface area contributed by atoms with Gasteiger partial charge < -0.3 is 0 Å². The lowest BCUT2D eigenvalue weighted by Crippen LogP contribution is -2.53. The Hall–Kier alpha value is -0.920. The van der Waals surface area contributed by atoms with Gasteiger partial charge in [-0.15, -0.1) is 0 Å². The van der Waals surface area contributed by atoms with Gasteiger partial charge in [0.1, 0.15) is 5.78 Å². The maximum absolute atomic E-state index is 12.9. The van der Waals surface area contributed by atoms with Crippen LogP contribution in [0.2, 0.25) is 0 Å². The average Bonchev–Trinajstić information content (AvgIpc) is 2.77. The van der Waals surface area contributed by atoms with E-state index in [0.29, 0.717) is 35.7 Å². The third-order valence-electron chi connectivity index (χ3n) is 7.90. The summed E-state index contributed by atoms with van der Waals surface area (Å²) in [4.78, 5) is 25.3. The van der Waals surface area contributed by atoms with Crippen molar-refractivity contribution in [1.29, 1.82) is 0 Å². The second-order valence-corrected chi connectivity index (χ2v) is 8.99. The number of Topliss-reactive ketones (excluding diaryl/α,β-unsaturated/α-hetero) is 1. The highest BCUT2D eigenvalue weighted by Crippen LogP contribution is 2.63. The van der Waals surface area contributed by atoms with Crippen LogP contribution in [0.3, 0.4) is 0 Å². The van der Waals surface area contributed by atoms with E-state index in [1.54, 1.807) is 0 Å². The fourth-order valence-corrected chi connectivity index (χ4v) is 6.36. The molecule has 0 aromatic rings. The lowest BCUT2D eigenvalue weighted by molar-refractivity contribution is -0.139. The molecule has 2 heteroatoms. The molecule has 0 saturated heterocycles. The molecule has 1 unspecified atom stereocenters. The third-order valence-corrected chi connectivity index (χ3v) is 7.90. The summed E-state index contributed by atoms with van der Waals surface area (Å²) in [7, 11) is 0. The molecule has 0 spiro atoms. The molecule has 22 heavy (non-hydrogen) atoms. The van der Waals surface area contributed by atoms with Crippen LogP contribution >= 0.6 is 0 Å². The Morgan fingerprint density at radius 1 is 1.00 bits per heavy atom. The van der Waals surface area contributed by atoms with Gasteiger partial charge in [0.05, 0.1) is 0 Å². The Morgan fingerprint density at radius 3 is 2.45 bits per heavy atom. The number of rotatable bonds is 0. The molecule has 0 radical (unpaired) electrons. The normalized spacial score (nSPS) is 51.0. The van der Waals surface area contributed by atoms with Crippen LogP contribution in [0.25, 0.3) is 0 Å². The standard InChI is InChI=1S/C20H28O2/c1-12-6-8-19(2)13(10-12)11-16(21)18-14-4-5-17(22)20(14,3)9-7-15(18)19/h11-12,14-15,18H,4-10H2,1-3H3/t12?,14-,15-,18-,19-,20-/m0/s1. The summed E-state index contributed by atoms with van der Waals surface area (Å²) in [5.41, 5.74) is 1.43. The first-order valence-electron chi connectivity index (χ1n) is 9.14. The van der Waals surface area contributed by atoms with E-state index in [4.69, 9.17) is 0 Å². The van der Waals surface area contributed by atoms with Gasteiger partial charge in [-0.2, -0.15) is 0 Å². The minimum Gasteiger partial charge on any atom is -0.299 e. The van der Waals surface area contributed by atoms with Gasteiger partial charge >= 0.3 is 0 Å². The van der Waals surface area contributed by atoms with Gasteiger partial charge in [0, 0.05) is 17.8 Å². The first-order valence-corrected chi connectivity index (χ1v) is 9.14. The average molecular weight is 300 g/mol. The summed E-state index contributed by atoms with van der Waals surface area (Å²) in [6.07, 6.45) is 9.33. The SMILES string of the molecule is CC1CC[C@@]2(C)C(=CC(=O)[C@@H]3[C@@H]2CC[C@]2(C)C(=O)CC[C@@H]32)C1. The predicted octanol–water partition coefficient (Wildman–Crippen LogP) is 4.33. The molecule has 3 fully saturated rings. The number of ketones is 2. The predicted molar refractivity (Wildman–Crippen MR) is 86.3 cm³/mol. The molecule has 4 aliphatic carbocycles. The number of allylic oxidation sites excluding steroid dienone is 2. The number of fused-ring (bicyclic) bond motifs is 5. The van der Waals surface area contributed by atoms with E-state index in [0.717, 1.165) is 25.7 Å². The summed E-state index contributed by atoms with van der Waals surface area (Å²) < 4.78 is 0. The highest BCUT2D eigenvalue weighted by molar-refractivity contribution is 5.96. The largest absolute Gasteiger partial charge is 0.299 e. The molecular formula is C20H28O2. The molecule has 0 aromatic carbocycles. The molecule has 4 aliphatic rings. The lowest BCUT2D eigenvalue weighted by atomic mass is 9.47. The fourth-order valence-electron chi connectivity index (χ4n) is 6.36. The number of carbonyl (C=O) groups excluding carboxylic acids is 2. The topological polar surface area (TPSA) is 34.1 Å². The fraction of sp³-hybridized carbons (Fsp3) is 0.800. The molecule has 0 amide bonds. The molecule has 3 saturated carbocycles. The number of carbonyl (C=O) groups is 2. The van der Waals surface area contributed by atoms with E-state index in [1.807, 2.05) is 6.08 Å². The van der Waals surface area contributed by atoms with Crippen molar-refractivity contribution in [3.8, 4) is 0 Å². The van der Waals surface area contributed by atoms with Crippen LogP contribution < -0.4 is 0 Å². The zero-order valence-corrected chi connectivity index (χ0v) is 14.2. The van der Waals surface area contributed by atoms with E-state index < -0.39 is 0 Å². The maximum atomic E-state index is 12.9. The summed E-state index contributed by atoms with van der Waals surface area (Å²) in [5, 5.41) is 0. The van der Waals surface area contributed by atoms with Gasteiger partial charge in [-0.3, -0.25) is 9.59 Å². The van der Waals surface area contributed by atoms with Gasteiger partial charge in [-0.05, 0) is 67.8 Å². The minimum absolute atomic E-state index is 0.118. The Bertz CT molecular complexity index is 574. The van der Waals surface area contributed by atoms with Crippen molar-refractivity contribution in [2.45, 2.75) is 65.7 Å². The summed E-state index contributed by atoms with van der Waals surface area (Å²) in [6.45, 7) is 6.86. The summed E-state index contributed by atoms with van der Waals surface area (Å²) >= 11 is 0. The third kappa shape index (κ3) is 1.73. The molecule has 4 rings (SSSR count). The number of hydrogen-bond donors (Lipinski definition) is 0.